The van der Waals surface area contributed by atoms with Gasteiger partial charge in [-0.1, -0.05) is 18.2 Å². The number of carbonyl (C=O) groups excluding carboxylic acids is 1. The lowest BCUT2D eigenvalue weighted by Gasteiger charge is -2.01. The topological polar surface area (TPSA) is 26.3 Å². The number of hydrogen-bond acceptors (Lipinski definition) is 3. The van der Waals surface area contributed by atoms with Crippen LogP contribution in [0.4, 0.5) is 4.39 Å². The van der Waals surface area contributed by atoms with Gasteiger partial charge in [0.1, 0.15) is 5.82 Å². The van der Waals surface area contributed by atoms with Crippen LogP contribution in [0, 0.1) is 5.82 Å². The summed E-state index contributed by atoms with van der Waals surface area (Å²) in [6.45, 7) is 1.18. The molecule has 2 heterocycles. The largest absolute Gasteiger partial charge is 0.372 e. The van der Waals surface area contributed by atoms with Crippen LogP contribution in [0.1, 0.15) is 26.4 Å². The summed E-state index contributed by atoms with van der Waals surface area (Å²) in [6.07, 6.45) is 0. The number of ether oxygens (including phenoxy) is 1. The second kappa shape index (κ2) is 4.76. The van der Waals surface area contributed by atoms with Crippen molar-refractivity contribution >= 4 is 27.2 Å². The van der Waals surface area contributed by atoms with Crippen molar-refractivity contribution < 1.29 is 13.9 Å². The maximum Gasteiger partial charge on any atom is 0.202 e. The SMILES string of the molecule is O=C(c1ccc2c(c1)COC2)c1cc2ccc(F)cc2s1. The number of rotatable bonds is 2. The summed E-state index contributed by atoms with van der Waals surface area (Å²) < 4.78 is 19.4. The van der Waals surface area contributed by atoms with Crippen LogP contribution in [0.5, 0.6) is 0 Å². The molecule has 104 valence electrons. The Hall–Kier alpha value is -2.04. The Bertz CT molecular complexity index is 866. The smallest absolute Gasteiger partial charge is 0.202 e. The Labute approximate surface area is 124 Å². The predicted octanol–water partition coefficient (Wildman–Crippen LogP) is 4.30. The van der Waals surface area contributed by atoms with Gasteiger partial charge in [0, 0.05) is 10.3 Å². The first kappa shape index (κ1) is 12.7. The van der Waals surface area contributed by atoms with Crippen LogP contribution in [0.2, 0.25) is 0 Å². The van der Waals surface area contributed by atoms with Crippen LogP contribution < -0.4 is 0 Å². The van der Waals surface area contributed by atoms with Gasteiger partial charge in [0.2, 0.25) is 5.78 Å². The molecule has 0 N–H and O–H groups in total. The molecule has 0 radical (unpaired) electrons. The van der Waals surface area contributed by atoms with Crippen LogP contribution in [-0.4, -0.2) is 5.78 Å². The molecule has 0 saturated carbocycles. The van der Waals surface area contributed by atoms with E-state index in [2.05, 4.69) is 0 Å². The zero-order chi connectivity index (χ0) is 14.4. The van der Waals surface area contributed by atoms with Crippen molar-refractivity contribution in [2.24, 2.45) is 0 Å². The van der Waals surface area contributed by atoms with Gasteiger partial charge in [-0.05, 0) is 40.8 Å². The van der Waals surface area contributed by atoms with E-state index in [1.54, 1.807) is 6.07 Å². The van der Waals surface area contributed by atoms with Gasteiger partial charge >= 0.3 is 0 Å². The van der Waals surface area contributed by atoms with E-state index in [1.165, 1.54) is 23.5 Å². The van der Waals surface area contributed by atoms with Crippen LogP contribution in [-0.2, 0) is 18.0 Å². The van der Waals surface area contributed by atoms with Gasteiger partial charge in [-0.3, -0.25) is 4.79 Å². The highest BCUT2D eigenvalue weighted by Gasteiger charge is 2.17. The van der Waals surface area contributed by atoms with E-state index in [0.29, 0.717) is 23.7 Å². The minimum absolute atomic E-state index is 0.0219. The van der Waals surface area contributed by atoms with Crippen LogP contribution in [0.25, 0.3) is 10.1 Å². The lowest BCUT2D eigenvalue weighted by molar-refractivity contribution is 0.104. The first-order valence-corrected chi connectivity index (χ1v) is 7.46. The van der Waals surface area contributed by atoms with E-state index in [4.69, 9.17) is 4.74 Å². The molecule has 0 spiro atoms. The first-order chi connectivity index (χ1) is 10.2. The summed E-state index contributed by atoms with van der Waals surface area (Å²) in [6, 6.07) is 12.1. The maximum absolute atomic E-state index is 13.2. The number of ketones is 1. The average molecular weight is 298 g/mol. The average Bonchev–Trinajstić information content (AvgIpc) is 3.11. The molecular formula is C17H11FO2S. The van der Waals surface area contributed by atoms with Gasteiger partial charge in [0.15, 0.2) is 0 Å². The zero-order valence-corrected chi connectivity index (χ0v) is 11.9. The van der Waals surface area contributed by atoms with Crippen molar-refractivity contribution in [1.82, 2.24) is 0 Å². The molecule has 4 heteroatoms. The van der Waals surface area contributed by atoms with Crippen molar-refractivity contribution in [3.05, 3.63) is 69.8 Å². The molecule has 2 aromatic carbocycles. The second-order valence-corrected chi connectivity index (χ2v) is 6.18. The van der Waals surface area contributed by atoms with E-state index in [9.17, 15) is 9.18 Å². The Morgan fingerprint density at radius 1 is 1.05 bits per heavy atom. The van der Waals surface area contributed by atoms with E-state index < -0.39 is 0 Å². The fourth-order valence-corrected chi connectivity index (χ4v) is 3.62. The van der Waals surface area contributed by atoms with Crippen molar-refractivity contribution in [2.75, 3.05) is 0 Å². The number of hydrogen-bond donors (Lipinski definition) is 0. The monoisotopic (exact) mass is 298 g/mol. The molecule has 1 aliphatic heterocycles. The number of benzene rings is 2. The minimum Gasteiger partial charge on any atom is -0.372 e. The summed E-state index contributed by atoms with van der Waals surface area (Å²) in [5.41, 5.74) is 2.88. The quantitative estimate of drug-likeness (QED) is 0.659. The third-order valence-corrected chi connectivity index (χ3v) is 4.79. The van der Waals surface area contributed by atoms with Crippen molar-refractivity contribution in [2.45, 2.75) is 13.2 Å². The van der Waals surface area contributed by atoms with Crippen molar-refractivity contribution in [1.29, 1.82) is 0 Å². The summed E-state index contributed by atoms with van der Waals surface area (Å²) in [5.74, 6) is -0.302. The van der Waals surface area contributed by atoms with Crippen LogP contribution >= 0.6 is 11.3 Å². The molecule has 0 fully saturated rings. The van der Waals surface area contributed by atoms with E-state index in [1.807, 2.05) is 24.3 Å². The highest BCUT2D eigenvalue weighted by atomic mass is 32.1. The summed E-state index contributed by atoms with van der Waals surface area (Å²) in [5, 5.41) is 0.897. The minimum atomic E-state index is -0.280. The molecule has 1 aromatic heterocycles. The Morgan fingerprint density at radius 3 is 2.81 bits per heavy atom. The second-order valence-electron chi connectivity index (χ2n) is 5.10. The molecule has 3 aromatic rings. The van der Waals surface area contributed by atoms with Gasteiger partial charge in [-0.15, -0.1) is 11.3 Å². The van der Waals surface area contributed by atoms with Crippen molar-refractivity contribution in [3.8, 4) is 0 Å². The van der Waals surface area contributed by atoms with Gasteiger partial charge in [0.25, 0.3) is 0 Å². The molecule has 4 rings (SSSR count). The van der Waals surface area contributed by atoms with E-state index >= 15 is 0 Å². The predicted molar refractivity (Wildman–Crippen MR) is 80.2 cm³/mol. The van der Waals surface area contributed by atoms with Gasteiger partial charge in [0.05, 0.1) is 18.1 Å². The van der Waals surface area contributed by atoms with E-state index in [-0.39, 0.29) is 11.6 Å². The van der Waals surface area contributed by atoms with Gasteiger partial charge in [-0.25, -0.2) is 4.39 Å². The molecule has 0 amide bonds. The highest BCUT2D eigenvalue weighted by Crippen LogP contribution is 2.29. The Morgan fingerprint density at radius 2 is 1.90 bits per heavy atom. The van der Waals surface area contributed by atoms with Crippen molar-refractivity contribution in [3.63, 3.8) is 0 Å². The third-order valence-electron chi connectivity index (χ3n) is 3.69. The van der Waals surface area contributed by atoms with E-state index in [0.717, 1.165) is 21.2 Å². The fourth-order valence-electron chi connectivity index (χ4n) is 2.57. The zero-order valence-electron chi connectivity index (χ0n) is 11.1. The number of carbonyl (C=O) groups is 1. The third kappa shape index (κ3) is 2.17. The van der Waals surface area contributed by atoms with Gasteiger partial charge < -0.3 is 4.74 Å². The Balaban J connectivity index is 1.75. The summed E-state index contributed by atoms with van der Waals surface area (Å²) in [7, 11) is 0. The molecule has 1 aliphatic rings. The number of thiophene rings is 1. The lowest BCUT2D eigenvalue weighted by atomic mass is 10.0. The standard InChI is InChI=1S/C17H11FO2S/c18-14-4-3-10-6-16(21-15(10)7-14)17(19)11-1-2-12-8-20-9-13(12)5-11/h1-7H,8-9H2. The lowest BCUT2D eigenvalue weighted by Crippen LogP contribution is -1.99. The molecule has 0 bridgehead atoms. The molecular weight excluding hydrogens is 287 g/mol. The molecule has 0 atom stereocenters. The number of fused-ring (bicyclic) bond motifs is 2. The molecule has 21 heavy (non-hydrogen) atoms. The van der Waals surface area contributed by atoms with Gasteiger partial charge in [-0.2, -0.15) is 0 Å². The Kier molecular flexibility index (Phi) is 2.87. The van der Waals surface area contributed by atoms with Crippen LogP contribution in [0.3, 0.4) is 0 Å². The highest BCUT2D eigenvalue weighted by molar-refractivity contribution is 7.21. The molecule has 0 aliphatic carbocycles. The molecule has 0 saturated heterocycles. The van der Waals surface area contributed by atoms with Crippen LogP contribution in [0.15, 0.2) is 42.5 Å². The summed E-state index contributed by atoms with van der Waals surface area (Å²) >= 11 is 1.33. The fraction of sp³-hybridized carbons (Fsp3) is 0.118. The number of halogens is 1. The summed E-state index contributed by atoms with van der Waals surface area (Å²) in [4.78, 5) is 13.2. The molecule has 0 unspecified atom stereocenters. The molecule has 2 nitrogen and oxygen atoms in total. The maximum atomic E-state index is 13.2. The normalized spacial score (nSPS) is 13.6. The first-order valence-electron chi connectivity index (χ1n) is 6.64.